The molecule has 172 valence electrons. The molecule has 1 aliphatic carbocycles. The van der Waals surface area contributed by atoms with Gasteiger partial charge in [0.15, 0.2) is 9.84 Å². The number of amides is 1. The molecule has 1 aliphatic rings. The molecule has 1 saturated carbocycles. The van der Waals surface area contributed by atoms with E-state index >= 15 is 0 Å². The second-order valence-electron chi connectivity index (χ2n) is 8.30. The lowest BCUT2D eigenvalue weighted by atomic mass is 10.2. The minimum absolute atomic E-state index is 0.0579. The number of carbonyl (C=O) groups excluding carboxylic acids is 1. The number of hydrogen-bond donors (Lipinski definition) is 1. The van der Waals surface area contributed by atoms with Crippen LogP contribution in [0, 0.1) is 5.82 Å². The Morgan fingerprint density at radius 2 is 1.88 bits per heavy atom. The summed E-state index contributed by atoms with van der Waals surface area (Å²) in [7, 11) is -3.65. The van der Waals surface area contributed by atoms with Crippen molar-refractivity contribution in [1.82, 2.24) is 25.3 Å². The van der Waals surface area contributed by atoms with Gasteiger partial charge in [0.25, 0.3) is 5.91 Å². The maximum absolute atomic E-state index is 13.8. The van der Waals surface area contributed by atoms with Crippen LogP contribution in [0.25, 0.3) is 22.3 Å². The normalized spacial score (nSPS) is 13.7. The van der Waals surface area contributed by atoms with Gasteiger partial charge < -0.3 is 5.32 Å². The second-order valence-corrected chi connectivity index (χ2v) is 10.3. The van der Waals surface area contributed by atoms with Crippen molar-refractivity contribution in [2.75, 3.05) is 6.26 Å². The number of carbonyl (C=O) groups is 1. The van der Waals surface area contributed by atoms with Crippen LogP contribution in [0.15, 0.2) is 59.9 Å². The van der Waals surface area contributed by atoms with Gasteiger partial charge in [0.1, 0.15) is 11.5 Å². The molecule has 0 unspecified atom stereocenters. The van der Waals surface area contributed by atoms with E-state index in [0.29, 0.717) is 28.5 Å². The van der Waals surface area contributed by atoms with Crippen molar-refractivity contribution in [2.24, 2.45) is 0 Å². The Morgan fingerprint density at radius 3 is 2.65 bits per heavy atom. The fraction of sp³-hybridized carbons (Fsp3) is 0.208. The van der Waals surface area contributed by atoms with Gasteiger partial charge in [-0.25, -0.2) is 22.8 Å². The predicted molar refractivity (Wildman–Crippen MR) is 123 cm³/mol. The van der Waals surface area contributed by atoms with Crippen molar-refractivity contribution in [3.63, 3.8) is 0 Å². The number of hydrogen-bond acceptors (Lipinski definition) is 7. The molecule has 0 spiro atoms. The summed E-state index contributed by atoms with van der Waals surface area (Å²) in [6.45, 7) is 0.0579. The molecule has 0 radical (unpaired) electrons. The van der Waals surface area contributed by atoms with Crippen LogP contribution in [-0.2, 0) is 16.4 Å². The van der Waals surface area contributed by atoms with Gasteiger partial charge in [-0.15, -0.1) is 0 Å². The number of fused-ring (bicyclic) bond motifs is 1. The van der Waals surface area contributed by atoms with E-state index < -0.39 is 21.6 Å². The Kier molecular flexibility index (Phi) is 5.52. The largest absolute Gasteiger partial charge is 0.346 e. The third-order valence-corrected chi connectivity index (χ3v) is 6.63. The smallest absolute Gasteiger partial charge is 0.251 e. The summed E-state index contributed by atoms with van der Waals surface area (Å²) in [5, 5.41) is 3.47. The number of pyridine rings is 2. The van der Waals surface area contributed by atoms with E-state index in [1.165, 1.54) is 0 Å². The first-order valence-electron chi connectivity index (χ1n) is 10.6. The fourth-order valence-electron chi connectivity index (χ4n) is 3.56. The van der Waals surface area contributed by atoms with E-state index in [-0.39, 0.29) is 17.0 Å². The SMILES string of the molecule is CS(=O)(=O)c1cc(F)cc(C(=O)NCc2cc3nc(-c4cncc(C5CC5)n4)ccc3cn2)c1. The highest BCUT2D eigenvalue weighted by atomic mass is 32.2. The molecule has 0 saturated heterocycles. The van der Waals surface area contributed by atoms with Crippen LogP contribution in [-0.4, -0.2) is 40.5 Å². The molecule has 10 heteroatoms. The lowest BCUT2D eigenvalue weighted by molar-refractivity contribution is 0.0949. The van der Waals surface area contributed by atoms with Gasteiger partial charge in [0.05, 0.1) is 40.2 Å². The van der Waals surface area contributed by atoms with Crippen LogP contribution in [0.3, 0.4) is 0 Å². The average molecular weight is 478 g/mol. The number of nitrogens with one attached hydrogen (secondary N) is 1. The van der Waals surface area contributed by atoms with Crippen molar-refractivity contribution in [1.29, 1.82) is 0 Å². The first kappa shape index (κ1) is 22.0. The van der Waals surface area contributed by atoms with E-state index in [1.807, 2.05) is 12.1 Å². The lowest BCUT2D eigenvalue weighted by Gasteiger charge is -2.08. The first-order chi connectivity index (χ1) is 16.3. The number of benzene rings is 1. The summed E-state index contributed by atoms with van der Waals surface area (Å²) in [5.41, 5.74) is 3.51. The van der Waals surface area contributed by atoms with Gasteiger partial charge in [-0.1, -0.05) is 0 Å². The van der Waals surface area contributed by atoms with Gasteiger partial charge in [-0.2, -0.15) is 0 Å². The number of rotatable bonds is 6. The highest BCUT2D eigenvalue weighted by Crippen LogP contribution is 2.39. The van der Waals surface area contributed by atoms with E-state index in [0.717, 1.165) is 48.4 Å². The molecule has 0 bridgehead atoms. The van der Waals surface area contributed by atoms with Crippen molar-refractivity contribution < 1.29 is 17.6 Å². The zero-order valence-electron chi connectivity index (χ0n) is 18.2. The molecule has 1 N–H and O–H groups in total. The molecule has 1 amide bonds. The van der Waals surface area contributed by atoms with Gasteiger partial charge in [-0.05, 0) is 49.2 Å². The van der Waals surface area contributed by atoms with Crippen LogP contribution in [0.1, 0.15) is 40.5 Å². The van der Waals surface area contributed by atoms with Crippen LogP contribution < -0.4 is 5.32 Å². The minimum Gasteiger partial charge on any atom is -0.346 e. The summed E-state index contributed by atoms with van der Waals surface area (Å²) < 4.78 is 37.3. The maximum Gasteiger partial charge on any atom is 0.251 e. The Balaban J connectivity index is 1.36. The van der Waals surface area contributed by atoms with Crippen molar-refractivity contribution in [3.05, 3.63) is 77.8 Å². The Bertz CT molecular complexity index is 1540. The monoisotopic (exact) mass is 477 g/mol. The van der Waals surface area contributed by atoms with Crippen LogP contribution >= 0.6 is 0 Å². The van der Waals surface area contributed by atoms with Crippen LogP contribution in [0.4, 0.5) is 4.39 Å². The summed E-state index contributed by atoms with van der Waals surface area (Å²) >= 11 is 0. The summed E-state index contributed by atoms with van der Waals surface area (Å²) in [4.78, 5) is 30.3. The molecule has 5 rings (SSSR count). The van der Waals surface area contributed by atoms with Crippen molar-refractivity contribution in [3.8, 4) is 11.4 Å². The molecule has 4 aromatic rings. The predicted octanol–water partition coefficient (Wildman–Crippen LogP) is 3.44. The van der Waals surface area contributed by atoms with Gasteiger partial charge in [0, 0.05) is 35.5 Å². The molecule has 3 heterocycles. The molecule has 0 aliphatic heterocycles. The summed E-state index contributed by atoms with van der Waals surface area (Å²) in [6.07, 6.45) is 8.36. The van der Waals surface area contributed by atoms with Gasteiger partial charge in [0.2, 0.25) is 0 Å². The molecule has 8 nitrogen and oxygen atoms in total. The molecule has 3 aromatic heterocycles. The van der Waals surface area contributed by atoms with E-state index in [9.17, 15) is 17.6 Å². The highest BCUT2D eigenvalue weighted by molar-refractivity contribution is 7.90. The Labute approximate surface area is 195 Å². The maximum atomic E-state index is 13.8. The third-order valence-electron chi connectivity index (χ3n) is 5.53. The number of halogens is 1. The zero-order chi connectivity index (χ0) is 23.9. The summed E-state index contributed by atoms with van der Waals surface area (Å²) in [5.74, 6) is -0.929. The number of nitrogens with zero attached hydrogens (tertiary/aromatic N) is 4. The van der Waals surface area contributed by atoms with Crippen LogP contribution in [0.5, 0.6) is 0 Å². The first-order valence-corrected chi connectivity index (χ1v) is 12.5. The van der Waals surface area contributed by atoms with E-state index in [4.69, 9.17) is 4.98 Å². The van der Waals surface area contributed by atoms with Gasteiger partial charge in [-0.3, -0.25) is 14.8 Å². The Hall–Kier alpha value is -3.79. The lowest BCUT2D eigenvalue weighted by Crippen LogP contribution is -2.23. The quantitative estimate of drug-likeness (QED) is 0.452. The number of sulfone groups is 1. The highest BCUT2D eigenvalue weighted by Gasteiger charge is 2.25. The van der Waals surface area contributed by atoms with Gasteiger partial charge >= 0.3 is 0 Å². The summed E-state index contributed by atoms with van der Waals surface area (Å²) in [6, 6.07) is 8.54. The van der Waals surface area contributed by atoms with E-state index in [2.05, 4.69) is 20.3 Å². The topological polar surface area (TPSA) is 115 Å². The average Bonchev–Trinajstić information content (AvgIpc) is 3.67. The molecule has 1 fully saturated rings. The van der Waals surface area contributed by atoms with E-state index in [1.54, 1.807) is 24.7 Å². The second kappa shape index (κ2) is 8.53. The molecular formula is C24H20FN5O3S. The minimum atomic E-state index is -3.65. The van der Waals surface area contributed by atoms with Crippen molar-refractivity contribution >= 4 is 26.6 Å². The Morgan fingerprint density at radius 1 is 1.06 bits per heavy atom. The molecule has 0 atom stereocenters. The standard InChI is InChI=1S/C24H20FN5O3S/c1-34(32,33)19-7-16(6-17(25)8-19)24(31)28-11-18-9-21-15(10-27-18)4-5-20(29-21)23-13-26-12-22(30-23)14-2-3-14/h4-10,12-14H,2-3,11H2,1H3,(H,28,31). The fourth-order valence-corrected chi connectivity index (χ4v) is 4.23. The molecular weight excluding hydrogens is 457 g/mol. The molecule has 34 heavy (non-hydrogen) atoms. The number of aromatic nitrogens is 4. The third kappa shape index (κ3) is 4.76. The van der Waals surface area contributed by atoms with Crippen molar-refractivity contribution in [2.45, 2.75) is 30.2 Å². The zero-order valence-corrected chi connectivity index (χ0v) is 19.0. The molecule has 1 aromatic carbocycles. The van der Waals surface area contributed by atoms with Crippen LogP contribution in [0.2, 0.25) is 0 Å².